The monoisotopic (exact) mass is 326 g/mol. The number of halogens is 1. The molecule has 0 saturated heterocycles. The lowest BCUT2D eigenvalue weighted by Crippen LogP contribution is -2.38. The first-order chi connectivity index (χ1) is 10.1. The number of carbonyl (C=O) groups excluding carboxylic acids is 1. The number of nitrogens with zero attached hydrogens (tertiary/aromatic N) is 1. The molecule has 0 heterocycles. The van der Waals surface area contributed by atoms with Crippen LogP contribution in [0.5, 0.6) is 5.75 Å². The molecule has 1 aromatic carbocycles. The van der Waals surface area contributed by atoms with Gasteiger partial charge in [0.1, 0.15) is 12.4 Å². The van der Waals surface area contributed by atoms with Crippen molar-refractivity contribution in [1.82, 2.24) is 4.90 Å². The van der Waals surface area contributed by atoms with Gasteiger partial charge in [-0.15, -0.1) is 12.4 Å². The number of aryl methyl sites for hydroxylation is 1. The fourth-order valence-electron chi connectivity index (χ4n) is 2.97. The van der Waals surface area contributed by atoms with E-state index in [0.717, 1.165) is 25.0 Å². The molecule has 1 saturated carbocycles. The average Bonchev–Trinajstić information content (AvgIpc) is 2.96. The third kappa shape index (κ3) is 4.89. The molecule has 0 aromatic heterocycles. The van der Waals surface area contributed by atoms with Gasteiger partial charge < -0.3 is 15.4 Å². The smallest absolute Gasteiger partial charge is 0.225 e. The van der Waals surface area contributed by atoms with Gasteiger partial charge in [-0.05, 0) is 44.4 Å². The molecular formula is C17H27ClN2O2. The number of nitrogens with two attached hydrogens (primary N) is 1. The first-order valence-corrected chi connectivity index (χ1v) is 7.76. The number of likely N-dealkylation sites (N-methyl/N-ethyl adjacent to an activating group) is 1. The van der Waals surface area contributed by atoms with Gasteiger partial charge in [-0.25, -0.2) is 0 Å². The van der Waals surface area contributed by atoms with E-state index in [-0.39, 0.29) is 24.2 Å². The SMILES string of the molecule is Cc1ccc(OCCN(C)C(=O)[C@@H]2CCC[C@@H]2CN)cc1.Cl. The van der Waals surface area contributed by atoms with Crippen molar-refractivity contribution in [3.63, 3.8) is 0 Å². The van der Waals surface area contributed by atoms with Crippen molar-refractivity contribution in [2.24, 2.45) is 17.6 Å². The number of amides is 1. The van der Waals surface area contributed by atoms with E-state index in [2.05, 4.69) is 0 Å². The van der Waals surface area contributed by atoms with E-state index < -0.39 is 0 Å². The van der Waals surface area contributed by atoms with Crippen LogP contribution in [-0.2, 0) is 4.79 Å². The molecule has 2 atom stereocenters. The van der Waals surface area contributed by atoms with Gasteiger partial charge in [0, 0.05) is 13.0 Å². The molecule has 0 spiro atoms. The Balaban J connectivity index is 0.00000242. The zero-order valence-electron chi connectivity index (χ0n) is 13.5. The minimum Gasteiger partial charge on any atom is -0.492 e. The third-order valence-corrected chi connectivity index (χ3v) is 4.37. The molecule has 1 fully saturated rings. The van der Waals surface area contributed by atoms with E-state index in [0.29, 0.717) is 25.6 Å². The zero-order valence-corrected chi connectivity index (χ0v) is 14.3. The van der Waals surface area contributed by atoms with E-state index in [4.69, 9.17) is 10.5 Å². The molecule has 0 radical (unpaired) electrons. The van der Waals surface area contributed by atoms with Crippen LogP contribution in [0.2, 0.25) is 0 Å². The van der Waals surface area contributed by atoms with Gasteiger partial charge in [0.15, 0.2) is 0 Å². The summed E-state index contributed by atoms with van der Waals surface area (Å²) in [5.74, 6) is 1.54. The maximum atomic E-state index is 12.4. The molecule has 1 aromatic rings. The van der Waals surface area contributed by atoms with Crippen molar-refractivity contribution in [3.8, 4) is 5.75 Å². The number of hydrogen-bond acceptors (Lipinski definition) is 3. The molecule has 0 bridgehead atoms. The molecule has 22 heavy (non-hydrogen) atoms. The lowest BCUT2D eigenvalue weighted by atomic mass is 9.95. The minimum atomic E-state index is 0. The Kier molecular flexibility index (Phi) is 7.69. The molecule has 1 aliphatic carbocycles. The second kappa shape index (κ2) is 9.01. The second-order valence-electron chi connectivity index (χ2n) is 5.95. The van der Waals surface area contributed by atoms with Crippen molar-refractivity contribution in [2.45, 2.75) is 26.2 Å². The Labute approximate surface area is 139 Å². The number of carbonyl (C=O) groups is 1. The largest absolute Gasteiger partial charge is 0.492 e. The minimum absolute atomic E-state index is 0. The Hall–Kier alpha value is -1.26. The van der Waals surface area contributed by atoms with Gasteiger partial charge in [-0.3, -0.25) is 4.79 Å². The van der Waals surface area contributed by atoms with Gasteiger partial charge in [0.05, 0.1) is 6.54 Å². The Morgan fingerprint density at radius 2 is 2.00 bits per heavy atom. The molecule has 0 unspecified atom stereocenters. The van der Waals surface area contributed by atoms with Crippen LogP contribution in [0.15, 0.2) is 24.3 Å². The lowest BCUT2D eigenvalue weighted by molar-refractivity contribution is -0.135. The molecule has 2 rings (SSSR count). The van der Waals surface area contributed by atoms with Crippen molar-refractivity contribution in [1.29, 1.82) is 0 Å². The van der Waals surface area contributed by atoms with Crippen LogP contribution in [0, 0.1) is 18.8 Å². The van der Waals surface area contributed by atoms with Crippen LogP contribution < -0.4 is 10.5 Å². The van der Waals surface area contributed by atoms with Gasteiger partial charge in [-0.1, -0.05) is 24.1 Å². The number of hydrogen-bond donors (Lipinski definition) is 1. The van der Waals surface area contributed by atoms with E-state index in [9.17, 15) is 4.79 Å². The Morgan fingerprint density at radius 3 is 2.64 bits per heavy atom. The zero-order chi connectivity index (χ0) is 15.2. The first-order valence-electron chi connectivity index (χ1n) is 7.76. The summed E-state index contributed by atoms with van der Waals surface area (Å²) in [6, 6.07) is 7.96. The highest BCUT2D eigenvalue weighted by atomic mass is 35.5. The fourth-order valence-corrected chi connectivity index (χ4v) is 2.97. The van der Waals surface area contributed by atoms with E-state index >= 15 is 0 Å². The molecule has 5 heteroatoms. The summed E-state index contributed by atoms with van der Waals surface area (Å²) < 4.78 is 5.68. The predicted octanol–water partition coefficient (Wildman–Crippen LogP) is 2.63. The van der Waals surface area contributed by atoms with Crippen LogP contribution in [0.1, 0.15) is 24.8 Å². The standard InChI is InChI=1S/C17H26N2O2.ClH/c1-13-6-8-15(9-7-13)21-11-10-19(2)17(20)16-5-3-4-14(16)12-18;/h6-9,14,16H,3-5,10-12,18H2,1-2H3;1H/t14-,16-;/m1./s1. The highest BCUT2D eigenvalue weighted by Gasteiger charge is 2.33. The Bertz CT molecular complexity index is 464. The van der Waals surface area contributed by atoms with Crippen molar-refractivity contribution in [2.75, 3.05) is 26.7 Å². The topological polar surface area (TPSA) is 55.6 Å². The molecule has 124 valence electrons. The second-order valence-corrected chi connectivity index (χ2v) is 5.95. The maximum absolute atomic E-state index is 12.4. The number of rotatable bonds is 6. The first kappa shape index (κ1) is 18.8. The molecular weight excluding hydrogens is 300 g/mol. The van der Waals surface area contributed by atoms with Crippen LogP contribution in [0.3, 0.4) is 0 Å². The summed E-state index contributed by atoms with van der Waals surface area (Å²) in [5, 5.41) is 0. The van der Waals surface area contributed by atoms with Gasteiger partial charge in [0.25, 0.3) is 0 Å². The summed E-state index contributed by atoms with van der Waals surface area (Å²) >= 11 is 0. The van der Waals surface area contributed by atoms with Crippen LogP contribution in [0.4, 0.5) is 0 Å². The number of benzene rings is 1. The summed E-state index contributed by atoms with van der Waals surface area (Å²) in [7, 11) is 1.85. The third-order valence-electron chi connectivity index (χ3n) is 4.37. The highest BCUT2D eigenvalue weighted by molar-refractivity contribution is 5.85. The summed E-state index contributed by atoms with van der Waals surface area (Å²) in [6.07, 6.45) is 3.18. The van der Waals surface area contributed by atoms with Crippen molar-refractivity contribution in [3.05, 3.63) is 29.8 Å². The maximum Gasteiger partial charge on any atom is 0.225 e. The lowest BCUT2D eigenvalue weighted by Gasteiger charge is -2.24. The summed E-state index contributed by atoms with van der Waals surface area (Å²) in [6.45, 7) is 3.79. The molecule has 1 aliphatic rings. The van der Waals surface area contributed by atoms with E-state index in [1.165, 1.54) is 5.56 Å². The van der Waals surface area contributed by atoms with Crippen molar-refractivity contribution < 1.29 is 9.53 Å². The molecule has 4 nitrogen and oxygen atoms in total. The van der Waals surface area contributed by atoms with Gasteiger partial charge in [0.2, 0.25) is 5.91 Å². The fraction of sp³-hybridized carbons (Fsp3) is 0.588. The van der Waals surface area contributed by atoms with Gasteiger partial charge in [-0.2, -0.15) is 0 Å². The highest BCUT2D eigenvalue weighted by Crippen LogP contribution is 2.32. The number of ether oxygens (including phenoxy) is 1. The quantitative estimate of drug-likeness (QED) is 0.874. The molecule has 2 N–H and O–H groups in total. The van der Waals surface area contributed by atoms with Crippen LogP contribution >= 0.6 is 12.4 Å². The molecule has 0 aliphatic heterocycles. The molecule has 1 amide bonds. The van der Waals surface area contributed by atoms with Crippen molar-refractivity contribution >= 4 is 18.3 Å². The summed E-state index contributed by atoms with van der Waals surface area (Å²) in [5.41, 5.74) is 6.97. The Morgan fingerprint density at radius 1 is 1.32 bits per heavy atom. The average molecular weight is 327 g/mol. The predicted molar refractivity (Wildman–Crippen MR) is 91.4 cm³/mol. The van der Waals surface area contributed by atoms with Crippen LogP contribution in [-0.4, -0.2) is 37.6 Å². The van der Waals surface area contributed by atoms with E-state index in [1.54, 1.807) is 4.90 Å². The normalized spacial score (nSPS) is 20.3. The van der Waals surface area contributed by atoms with Gasteiger partial charge >= 0.3 is 0 Å². The van der Waals surface area contributed by atoms with Crippen LogP contribution in [0.25, 0.3) is 0 Å². The summed E-state index contributed by atoms with van der Waals surface area (Å²) in [4.78, 5) is 14.2. The van der Waals surface area contributed by atoms with E-state index in [1.807, 2.05) is 38.2 Å².